The van der Waals surface area contributed by atoms with Gasteiger partial charge in [0.15, 0.2) is 0 Å². The van der Waals surface area contributed by atoms with Crippen LogP contribution in [0.3, 0.4) is 0 Å². The van der Waals surface area contributed by atoms with E-state index in [4.69, 9.17) is 0 Å². The second-order valence-electron chi connectivity index (χ2n) is 14.9. The lowest BCUT2D eigenvalue weighted by Gasteiger charge is -2.26. The Morgan fingerprint density at radius 2 is 0.820 bits per heavy atom. The molecule has 50 heavy (non-hydrogen) atoms. The molecule has 0 aliphatic heterocycles. The van der Waals surface area contributed by atoms with Crippen LogP contribution in [-0.4, -0.2) is 46.1 Å². The number of aliphatic hydroxyl groups excluding tert-OH is 3. The highest BCUT2D eigenvalue weighted by Crippen LogP contribution is 2.15. The summed E-state index contributed by atoms with van der Waals surface area (Å²) in [7, 11) is 0. The zero-order valence-electron chi connectivity index (χ0n) is 33.3. The number of aliphatic hydroxyl groups is 3. The lowest BCUT2D eigenvalue weighted by atomic mass is 10.0. The molecule has 0 rings (SSSR count). The lowest BCUT2D eigenvalue weighted by Crippen LogP contribution is -2.50. The summed E-state index contributed by atoms with van der Waals surface area (Å²) in [6.45, 7) is 4.13. The van der Waals surface area contributed by atoms with E-state index in [2.05, 4.69) is 55.6 Å². The van der Waals surface area contributed by atoms with Crippen molar-refractivity contribution >= 4 is 5.91 Å². The summed E-state index contributed by atoms with van der Waals surface area (Å²) < 4.78 is 0. The van der Waals surface area contributed by atoms with Crippen LogP contribution < -0.4 is 5.32 Å². The van der Waals surface area contributed by atoms with Gasteiger partial charge >= 0.3 is 0 Å². The fraction of sp³-hybridized carbons (Fsp3) is 0.844. The lowest BCUT2D eigenvalue weighted by molar-refractivity contribution is -0.124. The van der Waals surface area contributed by atoms with Crippen LogP contribution in [0, 0.1) is 0 Å². The van der Waals surface area contributed by atoms with Crippen molar-refractivity contribution in [3.63, 3.8) is 0 Å². The number of allylic oxidation sites excluding steroid dienone is 6. The molecule has 0 fully saturated rings. The quantitative estimate of drug-likeness (QED) is 0.0379. The summed E-state index contributed by atoms with van der Waals surface area (Å²) in [6, 6.07) is -0.832. The molecule has 0 heterocycles. The van der Waals surface area contributed by atoms with Crippen LogP contribution in [-0.2, 0) is 4.79 Å². The standard InChI is InChI=1S/C45H85NO4/c1-3-5-7-9-11-13-15-17-18-19-20-21-22-23-24-25-26-27-28-30-32-34-36-38-40-44(49)46-42(41-47)45(50)43(48)39-37-35-33-31-29-16-14-12-10-8-6-4-2/h12,14,23-24,31,33,42-43,45,47-48,50H,3-11,13,15-22,25-30,32,34-41H2,1-2H3,(H,46,49)/b14-12+,24-23-,33-31+. The summed E-state index contributed by atoms with van der Waals surface area (Å²) in [4.78, 5) is 12.4. The first-order chi connectivity index (χ1) is 24.6. The fourth-order valence-corrected chi connectivity index (χ4v) is 6.53. The Morgan fingerprint density at radius 1 is 0.480 bits per heavy atom. The van der Waals surface area contributed by atoms with Gasteiger partial charge in [-0.3, -0.25) is 4.79 Å². The topological polar surface area (TPSA) is 89.8 Å². The summed E-state index contributed by atoms with van der Waals surface area (Å²) in [5, 5.41) is 33.4. The summed E-state index contributed by atoms with van der Waals surface area (Å²) in [5.41, 5.74) is 0. The average Bonchev–Trinajstić information content (AvgIpc) is 3.12. The third-order valence-corrected chi connectivity index (χ3v) is 9.94. The van der Waals surface area contributed by atoms with Gasteiger partial charge in [-0.15, -0.1) is 0 Å². The number of hydrogen-bond acceptors (Lipinski definition) is 4. The van der Waals surface area contributed by atoms with Crippen LogP contribution in [0.15, 0.2) is 36.5 Å². The van der Waals surface area contributed by atoms with E-state index in [9.17, 15) is 20.1 Å². The van der Waals surface area contributed by atoms with Gasteiger partial charge in [-0.25, -0.2) is 0 Å². The molecule has 294 valence electrons. The Kier molecular flexibility index (Phi) is 39.2. The molecule has 5 heteroatoms. The van der Waals surface area contributed by atoms with Crippen LogP contribution in [0.25, 0.3) is 0 Å². The van der Waals surface area contributed by atoms with Gasteiger partial charge in [-0.1, -0.05) is 172 Å². The number of rotatable bonds is 39. The van der Waals surface area contributed by atoms with E-state index in [-0.39, 0.29) is 12.5 Å². The van der Waals surface area contributed by atoms with Gasteiger partial charge in [0.1, 0.15) is 6.10 Å². The molecule has 5 nitrogen and oxygen atoms in total. The van der Waals surface area contributed by atoms with Crippen molar-refractivity contribution < 1.29 is 20.1 Å². The monoisotopic (exact) mass is 704 g/mol. The van der Waals surface area contributed by atoms with Crippen LogP contribution in [0.2, 0.25) is 0 Å². The number of carbonyl (C=O) groups is 1. The van der Waals surface area contributed by atoms with E-state index >= 15 is 0 Å². The molecule has 3 unspecified atom stereocenters. The van der Waals surface area contributed by atoms with E-state index in [1.165, 1.54) is 148 Å². The Hall–Kier alpha value is -1.43. The molecule has 0 saturated heterocycles. The molecule has 0 aliphatic carbocycles. The molecular formula is C45H85NO4. The van der Waals surface area contributed by atoms with E-state index in [1.54, 1.807) is 0 Å². The van der Waals surface area contributed by atoms with Gasteiger partial charge < -0.3 is 20.6 Å². The zero-order valence-corrected chi connectivity index (χ0v) is 33.3. The molecular weight excluding hydrogens is 618 g/mol. The average molecular weight is 704 g/mol. The predicted octanol–water partition coefficient (Wildman–Crippen LogP) is 12.4. The zero-order chi connectivity index (χ0) is 36.6. The SMILES string of the molecule is CCCCC/C=C/CC/C=C/CCCC(O)C(O)C(CO)NC(=O)CCCCCCCCCC/C=C\CCCCCCCCCCCCCC. The highest BCUT2D eigenvalue weighted by atomic mass is 16.3. The molecule has 0 saturated carbocycles. The number of hydrogen-bond donors (Lipinski definition) is 4. The summed E-state index contributed by atoms with van der Waals surface area (Å²) in [5.74, 6) is -0.162. The predicted molar refractivity (Wildman–Crippen MR) is 218 cm³/mol. The maximum Gasteiger partial charge on any atom is 0.220 e. The molecule has 0 bridgehead atoms. The molecule has 0 spiro atoms. The largest absolute Gasteiger partial charge is 0.394 e. The first-order valence-electron chi connectivity index (χ1n) is 21.8. The third-order valence-electron chi connectivity index (χ3n) is 9.94. The van der Waals surface area contributed by atoms with Crippen LogP contribution in [0.5, 0.6) is 0 Å². The maximum atomic E-state index is 12.4. The Balaban J connectivity index is 3.63. The van der Waals surface area contributed by atoms with E-state index < -0.39 is 18.2 Å². The van der Waals surface area contributed by atoms with Gasteiger partial charge in [-0.2, -0.15) is 0 Å². The molecule has 0 radical (unpaired) electrons. The van der Waals surface area contributed by atoms with Crippen molar-refractivity contribution in [2.45, 2.75) is 238 Å². The molecule has 0 aliphatic rings. The highest BCUT2D eigenvalue weighted by molar-refractivity contribution is 5.76. The minimum Gasteiger partial charge on any atom is -0.394 e. The van der Waals surface area contributed by atoms with Crippen molar-refractivity contribution in [1.29, 1.82) is 0 Å². The van der Waals surface area contributed by atoms with Crippen LogP contribution in [0.4, 0.5) is 0 Å². The van der Waals surface area contributed by atoms with Gasteiger partial charge in [0, 0.05) is 6.42 Å². The van der Waals surface area contributed by atoms with Crippen molar-refractivity contribution in [3.05, 3.63) is 36.5 Å². The van der Waals surface area contributed by atoms with Gasteiger partial charge in [0.2, 0.25) is 5.91 Å². The molecule has 0 aromatic carbocycles. The van der Waals surface area contributed by atoms with Crippen LogP contribution >= 0.6 is 0 Å². The Labute approximate surface area is 311 Å². The normalized spacial score (nSPS) is 13.9. The number of nitrogens with one attached hydrogen (secondary N) is 1. The van der Waals surface area contributed by atoms with E-state index in [1.807, 2.05) is 0 Å². The van der Waals surface area contributed by atoms with Crippen molar-refractivity contribution in [2.24, 2.45) is 0 Å². The minimum absolute atomic E-state index is 0.162. The smallest absolute Gasteiger partial charge is 0.220 e. The van der Waals surface area contributed by atoms with E-state index in [0.29, 0.717) is 12.8 Å². The van der Waals surface area contributed by atoms with E-state index in [0.717, 1.165) is 44.9 Å². The fourth-order valence-electron chi connectivity index (χ4n) is 6.53. The Morgan fingerprint density at radius 3 is 1.26 bits per heavy atom. The van der Waals surface area contributed by atoms with Gasteiger partial charge in [0.25, 0.3) is 0 Å². The second-order valence-corrected chi connectivity index (χ2v) is 14.9. The maximum absolute atomic E-state index is 12.4. The molecule has 3 atom stereocenters. The van der Waals surface area contributed by atoms with Crippen LogP contribution in [0.1, 0.15) is 219 Å². The van der Waals surface area contributed by atoms with Gasteiger partial charge in [0.05, 0.1) is 18.8 Å². The number of unbranched alkanes of at least 4 members (excludes halogenated alkanes) is 25. The molecule has 1 amide bonds. The van der Waals surface area contributed by atoms with Crippen molar-refractivity contribution in [1.82, 2.24) is 5.32 Å². The summed E-state index contributed by atoms with van der Waals surface area (Å²) in [6.07, 6.45) is 49.7. The molecule has 4 N–H and O–H groups in total. The summed E-state index contributed by atoms with van der Waals surface area (Å²) >= 11 is 0. The first kappa shape index (κ1) is 48.6. The highest BCUT2D eigenvalue weighted by Gasteiger charge is 2.26. The number of amides is 1. The first-order valence-corrected chi connectivity index (χ1v) is 21.8. The third kappa shape index (κ3) is 35.0. The number of carbonyl (C=O) groups excluding carboxylic acids is 1. The molecule has 0 aromatic heterocycles. The Bertz CT molecular complexity index is 779. The molecule has 0 aromatic rings. The minimum atomic E-state index is -1.17. The van der Waals surface area contributed by atoms with Gasteiger partial charge in [-0.05, 0) is 77.0 Å². The van der Waals surface area contributed by atoms with Crippen molar-refractivity contribution in [2.75, 3.05) is 6.61 Å². The van der Waals surface area contributed by atoms with Crippen molar-refractivity contribution in [3.8, 4) is 0 Å². The second kappa shape index (κ2) is 40.3.